The van der Waals surface area contributed by atoms with Crippen LogP contribution in [-0.4, -0.2) is 42.2 Å². The first-order valence-corrected chi connectivity index (χ1v) is 6.83. The summed E-state index contributed by atoms with van der Waals surface area (Å²) >= 11 is 6.04. The van der Waals surface area contributed by atoms with Crippen molar-refractivity contribution in [3.63, 3.8) is 0 Å². The molecule has 1 saturated heterocycles. The summed E-state index contributed by atoms with van der Waals surface area (Å²) in [7, 11) is 1.96. The van der Waals surface area contributed by atoms with Crippen LogP contribution in [-0.2, 0) is 11.3 Å². The second-order valence-corrected chi connectivity index (χ2v) is 5.44. The number of likely N-dealkylation sites (tertiary alicyclic amines) is 1. The lowest BCUT2D eigenvalue weighted by Gasteiger charge is -2.32. The molecule has 104 valence electrons. The van der Waals surface area contributed by atoms with Crippen LogP contribution in [0.1, 0.15) is 12.0 Å². The van der Waals surface area contributed by atoms with E-state index in [1.54, 1.807) is 6.07 Å². The van der Waals surface area contributed by atoms with Crippen LogP contribution in [0.25, 0.3) is 0 Å². The largest absolute Gasteiger partial charge is 0.392 e. The number of nitrogens with one attached hydrogen (secondary N) is 1. The highest BCUT2D eigenvalue weighted by Gasteiger charge is 2.31. The van der Waals surface area contributed by atoms with E-state index in [0.29, 0.717) is 24.5 Å². The van der Waals surface area contributed by atoms with Gasteiger partial charge in [-0.25, -0.2) is 0 Å². The third-order valence-electron chi connectivity index (χ3n) is 3.53. The molecule has 0 aliphatic carbocycles. The van der Waals surface area contributed by atoms with Crippen molar-refractivity contribution in [1.82, 2.24) is 10.2 Å². The summed E-state index contributed by atoms with van der Waals surface area (Å²) in [5, 5.41) is 13.4. The molecule has 1 aliphatic heterocycles. The minimum Gasteiger partial charge on any atom is -0.392 e. The molecular formula is C14H19ClN2O2. The first kappa shape index (κ1) is 14.3. The summed E-state index contributed by atoms with van der Waals surface area (Å²) in [4.78, 5) is 14.2. The van der Waals surface area contributed by atoms with E-state index in [2.05, 4.69) is 10.2 Å². The van der Waals surface area contributed by atoms with Crippen molar-refractivity contribution >= 4 is 17.5 Å². The van der Waals surface area contributed by atoms with Gasteiger partial charge in [-0.1, -0.05) is 29.8 Å². The second kappa shape index (κ2) is 6.37. The minimum atomic E-state index is -0.553. The van der Waals surface area contributed by atoms with E-state index in [4.69, 9.17) is 11.6 Å². The van der Waals surface area contributed by atoms with Crippen LogP contribution in [0.2, 0.25) is 5.02 Å². The molecule has 0 bridgehead atoms. The summed E-state index contributed by atoms with van der Waals surface area (Å²) < 4.78 is 0. The molecule has 2 atom stereocenters. The van der Waals surface area contributed by atoms with E-state index in [9.17, 15) is 9.90 Å². The van der Waals surface area contributed by atoms with Gasteiger partial charge in [0.15, 0.2) is 0 Å². The van der Waals surface area contributed by atoms with E-state index >= 15 is 0 Å². The van der Waals surface area contributed by atoms with Crippen molar-refractivity contribution < 1.29 is 9.90 Å². The zero-order chi connectivity index (χ0) is 13.8. The molecule has 1 aromatic rings. The van der Waals surface area contributed by atoms with Gasteiger partial charge >= 0.3 is 0 Å². The predicted octanol–water partition coefficient (Wildman–Crippen LogP) is 1.27. The van der Waals surface area contributed by atoms with E-state index in [-0.39, 0.29) is 11.8 Å². The molecule has 1 amide bonds. The number of rotatable bonds is 3. The number of carbonyl (C=O) groups excluding carboxylic acids is 1. The Bertz CT molecular complexity index is 453. The lowest BCUT2D eigenvalue weighted by atomic mass is 9.94. The molecule has 1 aliphatic rings. The van der Waals surface area contributed by atoms with Crippen LogP contribution in [0.5, 0.6) is 0 Å². The van der Waals surface area contributed by atoms with E-state index in [1.807, 2.05) is 25.2 Å². The molecule has 1 fully saturated rings. The number of benzene rings is 1. The SMILES string of the molecule is CN1CC[C@@H](O)[C@H](C(=O)NCc2ccccc2Cl)C1. The number of halogens is 1. The summed E-state index contributed by atoms with van der Waals surface area (Å²) in [6.07, 6.45) is 0.0863. The van der Waals surface area contributed by atoms with Crippen molar-refractivity contribution in [2.75, 3.05) is 20.1 Å². The number of hydrogen-bond donors (Lipinski definition) is 2. The van der Waals surface area contributed by atoms with Crippen LogP contribution in [0.4, 0.5) is 0 Å². The normalized spacial score (nSPS) is 24.2. The van der Waals surface area contributed by atoms with Gasteiger partial charge in [0.2, 0.25) is 5.91 Å². The van der Waals surface area contributed by atoms with Gasteiger partial charge in [0.1, 0.15) is 0 Å². The van der Waals surface area contributed by atoms with Gasteiger partial charge in [0, 0.05) is 24.7 Å². The quantitative estimate of drug-likeness (QED) is 0.878. The van der Waals surface area contributed by atoms with E-state index < -0.39 is 6.10 Å². The fourth-order valence-electron chi connectivity index (χ4n) is 2.32. The number of nitrogens with zero attached hydrogens (tertiary/aromatic N) is 1. The standard InChI is InChI=1S/C14H19ClN2O2/c1-17-7-6-13(18)11(9-17)14(19)16-8-10-4-2-3-5-12(10)15/h2-5,11,13,18H,6-9H2,1H3,(H,16,19)/t11-,13-/m1/s1. The Morgan fingerprint density at radius 1 is 1.53 bits per heavy atom. The molecule has 0 unspecified atom stereocenters. The van der Waals surface area contributed by atoms with Gasteiger partial charge in [0.25, 0.3) is 0 Å². The van der Waals surface area contributed by atoms with E-state index in [1.165, 1.54) is 0 Å². The van der Waals surface area contributed by atoms with Gasteiger partial charge in [-0.05, 0) is 25.1 Å². The Morgan fingerprint density at radius 3 is 3.00 bits per heavy atom. The summed E-state index contributed by atoms with van der Waals surface area (Å²) in [5.74, 6) is -0.472. The molecule has 1 heterocycles. The lowest BCUT2D eigenvalue weighted by Crippen LogP contribution is -2.48. The topological polar surface area (TPSA) is 52.6 Å². The van der Waals surface area contributed by atoms with Crippen molar-refractivity contribution in [3.05, 3.63) is 34.9 Å². The van der Waals surface area contributed by atoms with Gasteiger partial charge < -0.3 is 15.3 Å². The smallest absolute Gasteiger partial charge is 0.227 e. The summed E-state index contributed by atoms with van der Waals surface area (Å²) in [6.45, 7) is 1.82. The number of piperidine rings is 1. The molecule has 0 radical (unpaired) electrons. The van der Waals surface area contributed by atoms with Crippen molar-refractivity contribution in [3.8, 4) is 0 Å². The van der Waals surface area contributed by atoms with Gasteiger partial charge in [-0.3, -0.25) is 4.79 Å². The Hall–Kier alpha value is -1.10. The highest BCUT2D eigenvalue weighted by molar-refractivity contribution is 6.31. The molecular weight excluding hydrogens is 264 g/mol. The first-order chi connectivity index (χ1) is 9.08. The summed E-state index contributed by atoms with van der Waals surface area (Å²) in [5.41, 5.74) is 0.885. The van der Waals surface area contributed by atoms with Gasteiger partial charge in [0.05, 0.1) is 12.0 Å². The average Bonchev–Trinajstić information content (AvgIpc) is 2.40. The lowest BCUT2D eigenvalue weighted by molar-refractivity contribution is -0.131. The third-order valence-corrected chi connectivity index (χ3v) is 3.90. The maximum atomic E-state index is 12.1. The Balaban J connectivity index is 1.92. The number of aliphatic hydroxyl groups excluding tert-OH is 1. The number of amides is 1. The minimum absolute atomic E-state index is 0.112. The predicted molar refractivity (Wildman–Crippen MR) is 74.9 cm³/mol. The molecule has 1 aromatic carbocycles. The number of hydrogen-bond acceptors (Lipinski definition) is 3. The molecule has 0 aromatic heterocycles. The second-order valence-electron chi connectivity index (χ2n) is 5.03. The van der Waals surface area contributed by atoms with Crippen LogP contribution < -0.4 is 5.32 Å². The molecule has 5 heteroatoms. The zero-order valence-corrected chi connectivity index (χ0v) is 11.7. The maximum absolute atomic E-state index is 12.1. The van der Waals surface area contributed by atoms with Gasteiger partial charge in [-0.15, -0.1) is 0 Å². The van der Waals surface area contributed by atoms with Crippen LogP contribution in [0.3, 0.4) is 0 Å². The highest BCUT2D eigenvalue weighted by Crippen LogP contribution is 2.18. The Kier molecular flexibility index (Phi) is 4.80. The van der Waals surface area contributed by atoms with Crippen LogP contribution >= 0.6 is 11.6 Å². The highest BCUT2D eigenvalue weighted by atomic mass is 35.5. The Labute approximate surface area is 118 Å². The number of carbonyl (C=O) groups is 1. The third kappa shape index (κ3) is 3.69. The fourth-order valence-corrected chi connectivity index (χ4v) is 2.52. The molecule has 2 N–H and O–H groups in total. The summed E-state index contributed by atoms with van der Waals surface area (Å²) in [6, 6.07) is 7.42. The van der Waals surface area contributed by atoms with Crippen LogP contribution in [0, 0.1) is 5.92 Å². The average molecular weight is 283 g/mol. The zero-order valence-electron chi connectivity index (χ0n) is 11.0. The van der Waals surface area contributed by atoms with Crippen molar-refractivity contribution in [2.24, 2.45) is 5.92 Å². The van der Waals surface area contributed by atoms with Crippen molar-refractivity contribution in [2.45, 2.75) is 19.1 Å². The fraction of sp³-hybridized carbons (Fsp3) is 0.500. The van der Waals surface area contributed by atoms with Gasteiger partial charge in [-0.2, -0.15) is 0 Å². The maximum Gasteiger partial charge on any atom is 0.227 e. The number of aliphatic hydroxyl groups is 1. The molecule has 2 rings (SSSR count). The van der Waals surface area contributed by atoms with Crippen LogP contribution in [0.15, 0.2) is 24.3 Å². The molecule has 0 spiro atoms. The van der Waals surface area contributed by atoms with Crippen molar-refractivity contribution in [1.29, 1.82) is 0 Å². The monoisotopic (exact) mass is 282 g/mol. The Morgan fingerprint density at radius 2 is 2.26 bits per heavy atom. The molecule has 4 nitrogen and oxygen atoms in total. The first-order valence-electron chi connectivity index (χ1n) is 6.45. The molecule has 0 saturated carbocycles. The molecule has 19 heavy (non-hydrogen) atoms. The van der Waals surface area contributed by atoms with E-state index in [0.717, 1.165) is 12.1 Å².